The summed E-state index contributed by atoms with van der Waals surface area (Å²) in [5, 5.41) is 4.54. The van der Waals surface area contributed by atoms with E-state index in [2.05, 4.69) is 18.3 Å². The van der Waals surface area contributed by atoms with Crippen LogP contribution in [0.25, 0.3) is 0 Å². The zero-order chi connectivity index (χ0) is 20.4. The van der Waals surface area contributed by atoms with Crippen LogP contribution in [0.15, 0.2) is 42.5 Å². The van der Waals surface area contributed by atoms with Gasteiger partial charge in [-0.3, -0.25) is 4.79 Å². The highest BCUT2D eigenvalue weighted by molar-refractivity contribution is 8.00. The molecule has 1 amide bonds. The number of hydrogen-bond acceptors (Lipinski definition) is 4. The fourth-order valence-corrected chi connectivity index (χ4v) is 5.57. The number of carbonyl (C=O) groups excluding carboxylic acids is 1. The number of piperidine rings is 1. The maximum Gasteiger partial charge on any atom is 0.234 e. The molecule has 3 atom stereocenters. The maximum atomic E-state index is 12.7. The number of ether oxygens (including phenoxy) is 1. The summed E-state index contributed by atoms with van der Waals surface area (Å²) >= 11 is 13.8. The highest BCUT2D eigenvalue weighted by Gasteiger charge is 2.39. The summed E-state index contributed by atoms with van der Waals surface area (Å²) in [6.45, 7) is 3.19. The lowest BCUT2D eigenvalue weighted by atomic mass is 9.97. The molecule has 2 aromatic rings. The molecule has 0 bridgehead atoms. The Kier molecular flexibility index (Phi) is 6.60. The third-order valence-electron chi connectivity index (χ3n) is 5.54. The maximum absolute atomic E-state index is 12.7. The second kappa shape index (κ2) is 9.17. The molecule has 0 saturated carbocycles. The molecule has 2 aromatic carbocycles. The molecule has 3 unspecified atom stereocenters. The van der Waals surface area contributed by atoms with Crippen LogP contribution in [-0.4, -0.2) is 35.2 Å². The molecule has 2 saturated heterocycles. The van der Waals surface area contributed by atoms with Crippen molar-refractivity contribution < 1.29 is 9.53 Å². The first-order valence-corrected chi connectivity index (χ1v) is 11.7. The van der Waals surface area contributed by atoms with Crippen LogP contribution in [0.5, 0.6) is 11.5 Å². The Morgan fingerprint density at radius 2 is 1.97 bits per heavy atom. The van der Waals surface area contributed by atoms with Crippen molar-refractivity contribution in [1.29, 1.82) is 0 Å². The summed E-state index contributed by atoms with van der Waals surface area (Å²) in [5.41, 5.74) is 1.07. The molecule has 7 heteroatoms. The van der Waals surface area contributed by atoms with E-state index >= 15 is 0 Å². The van der Waals surface area contributed by atoms with Crippen molar-refractivity contribution in [2.75, 3.05) is 12.3 Å². The quantitative estimate of drug-likeness (QED) is 0.616. The van der Waals surface area contributed by atoms with Crippen LogP contribution in [0.4, 0.5) is 0 Å². The van der Waals surface area contributed by atoms with Gasteiger partial charge in [0.25, 0.3) is 0 Å². The van der Waals surface area contributed by atoms with E-state index < -0.39 is 0 Å². The average molecular weight is 451 g/mol. The predicted molar refractivity (Wildman–Crippen MR) is 120 cm³/mol. The minimum Gasteiger partial charge on any atom is -0.457 e. The van der Waals surface area contributed by atoms with Crippen molar-refractivity contribution >= 4 is 40.9 Å². The lowest BCUT2D eigenvalue weighted by Crippen LogP contribution is -2.51. The van der Waals surface area contributed by atoms with Gasteiger partial charge >= 0.3 is 0 Å². The largest absolute Gasteiger partial charge is 0.457 e. The van der Waals surface area contributed by atoms with E-state index in [1.54, 1.807) is 30.0 Å². The lowest BCUT2D eigenvalue weighted by Gasteiger charge is -2.38. The van der Waals surface area contributed by atoms with Crippen LogP contribution >= 0.6 is 35.0 Å². The van der Waals surface area contributed by atoms with Crippen molar-refractivity contribution in [3.8, 4) is 11.5 Å². The van der Waals surface area contributed by atoms with Crippen molar-refractivity contribution in [3.63, 3.8) is 0 Å². The van der Waals surface area contributed by atoms with E-state index in [-0.39, 0.29) is 17.3 Å². The number of nitrogens with zero attached hydrogens (tertiary/aromatic N) is 1. The number of benzene rings is 2. The zero-order valence-corrected chi connectivity index (χ0v) is 18.6. The van der Waals surface area contributed by atoms with Gasteiger partial charge in [-0.15, -0.1) is 11.8 Å². The Hall–Kier alpha value is -1.40. The smallest absolute Gasteiger partial charge is 0.234 e. The van der Waals surface area contributed by atoms with Gasteiger partial charge in [-0.1, -0.05) is 41.8 Å². The van der Waals surface area contributed by atoms with Gasteiger partial charge in [-0.25, -0.2) is 0 Å². The molecule has 29 heavy (non-hydrogen) atoms. The Morgan fingerprint density at radius 1 is 1.14 bits per heavy atom. The summed E-state index contributed by atoms with van der Waals surface area (Å²) in [4.78, 5) is 14.8. The van der Waals surface area contributed by atoms with Crippen molar-refractivity contribution in [1.82, 2.24) is 10.2 Å². The fraction of sp³-hybridized carbons (Fsp3) is 0.409. The second-order valence-corrected chi connectivity index (χ2v) is 9.39. The Morgan fingerprint density at radius 3 is 2.72 bits per heavy atom. The minimum atomic E-state index is -0.00131. The summed E-state index contributed by atoms with van der Waals surface area (Å²) in [5.74, 6) is 2.06. The molecule has 0 aromatic heterocycles. The number of halogens is 2. The Labute approximate surface area is 185 Å². The van der Waals surface area contributed by atoms with Crippen molar-refractivity contribution in [2.45, 2.75) is 43.6 Å². The third-order valence-corrected chi connectivity index (χ3v) is 7.51. The first-order valence-electron chi connectivity index (χ1n) is 9.92. The van der Waals surface area contributed by atoms with Gasteiger partial charge in [0.2, 0.25) is 5.91 Å². The van der Waals surface area contributed by atoms with E-state index in [0.29, 0.717) is 33.3 Å². The molecular formula is C22H24Cl2N2O2S. The summed E-state index contributed by atoms with van der Waals surface area (Å²) < 4.78 is 5.99. The number of rotatable bonds is 5. The predicted octanol–water partition coefficient (Wildman–Crippen LogP) is 5.89. The van der Waals surface area contributed by atoms with E-state index in [1.165, 1.54) is 12.8 Å². The van der Waals surface area contributed by atoms with Gasteiger partial charge in [0.1, 0.15) is 16.9 Å². The second-order valence-electron chi connectivity index (χ2n) is 7.51. The van der Waals surface area contributed by atoms with E-state index in [4.69, 9.17) is 27.9 Å². The van der Waals surface area contributed by atoms with Crippen molar-refractivity contribution in [3.05, 3.63) is 58.1 Å². The van der Waals surface area contributed by atoms with E-state index in [9.17, 15) is 4.79 Å². The molecule has 2 aliphatic heterocycles. The molecule has 2 heterocycles. The molecule has 4 rings (SSSR count). The number of amides is 1. The minimum absolute atomic E-state index is 0.00131. The molecule has 0 radical (unpaired) electrons. The van der Waals surface area contributed by atoms with Gasteiger partial charge in [-0.2, -0.15) is 0 Å². The molecule has 154 valence electrons. The Bertz CT molecular complexity index is 889. The van der Waals surface area contributed by atoms with Crippen LogP contribution in [-0.2, 0) is 4.79 Å². The van der Waals surface area contributed by atoms with Gasteiger partial charge in [-0.05, 0) is 56.1 Å². The fourth-order valence-electron chi connectivity index (χ4n) is 4.03. The highest BCUT2D eigenvalue weighted by Crippen LogP contribution is 2.42. The zero-order valence-electron chi connectivity index (χ0n) is 16.2. The van der Waals surface area contributed by atoms with Crippen LogP contribution < -0.4 is 10.1 Å². The molecule has 1 N–H and O–H groups in total. The van der Waals surface area contributed by atoms with Gasteiger partial charge in [0.05, 0.1) is 15.8 Å². The number of hydrogen-bond donors (Lipinski definition) is 1. The van der Waals surface area contributed by atoms with Gasteiger partial charge in [0.15, 0.2) is 0 Å². The van der Waals surface area contributed by atoms with Crippen LogP contribution in [0.2, 0.25) is 10.0 Å². The molecule has 2 aliphatic rings. The molecule has 2 fully saturated rings. The monoisotopic (exact) mass is 450 g/mol. The molecular weight excluding hydrogens is 427 g/mol. The van der Waals surface area contributed by atoms with Crippen LogP contribution in [0, 0.1) is 0 Å². The van der Waals surface area contributed by atoms with Crippen LogP contribution in [0.3, 0.4) is 0 Å². The lowest BCUT2D eigenvalue weighted by molar-refractivity contribution is -0.130. The molecule has 0 aliphatic carbocycles. The number of carbonyl (C=O) groups is 1. The number of thioether (sulfide) groups is 1. The third kappa shape index (κ3) is 4.69. The van der Waals surface area contributed by atoms with E-state index in [1.807, 2.05) is 23.1 Å². The highest BCUT2D eigenvalue weighted by atomic mass is 35.5. The summed E-state index contributed by atoms with van der Waals surface area (Å²) in [7, 11) is 0. The Balaban J connectivity index is 1.54. The standard InChI is InChI=1S/C22H24Cl2N2O2S/c1-14(20-7-2-3-10-25-20)26-21(27)13-29-22(26)15-5-4-6-16(11-15)28-17-8-9-18(23)19(24)12-17/h4-6,8-9,11-12,14,20,22,25H,2-3,7,10,13H2,1H3. The summed E-state index contributed by atoms with van der Waals surface area (Å²) in [6, 6.07) is 13.7. The molecule has 0 spiro atoms. The van der Waals surface area contributed by atoms with Crippen molar-refractivity contribution in [2.24, 2.45) is 0 Å². The van der Waals surface area contributed by atoms with E-state index in [0.717, 1.165) is 18.5 Å². The first-order chi connectivity index (χ1) is 14.0. The SMILES string of the molecule is CC(C1CCCCN1)N1C(=O)CSC1c1cccc(Oc2ccc(Cl)c(Cl)c2)c1. The first kappa shape index (κ1) is 20.9. The normalized spacial score (nSPS) is 23.3. The average Bonchev–Trinajstić information content (AvgIpc) is 3.12. The topological polar surface area (TPSA) is 41.6 Å². The van der Waals surface area contributed by atoms with Crippen LogP contribution in [0.1, 0.15) is 37.1 Å². The number of nitrogens with one attached hydrogen (secondary N) is 1. The summed E-state index contributed by atoms with van der Waals surface area (Å²) in [6.07, 6.45) is 3.54. The van der Waals surface area contributed by atoms with Gasteiger partial charge < -0.3 is 15.0 Å². The van der Waals surface area contributed by atoms with Gasteiger partial charge in [0, 0.05) is 18.2 Å². The molecule has 4 nitrogen and oxygen atoms in total.